The summed E-state index contributed by atoms with van der Waals surface area (Å²) in [6.45, 7) is 8.81. The van der Waals surface area contributed by atoms with E-state index in [1.54, 1.807) is 0 Å². The molecule has 0 atom stereocenters. The average molecular weight is 340 g/mol. The molecule has 1 rings (SSSR count). The van der Waals surface area contributed by atoms with Crippen LogP contribution < -0.4 is 5.32 Å². The molecular weight excluding hydrogens is 312 g/mol. The fourth-order valence-electron chi connectivity index (χ4n) is 2.14. The minimum Gasteiger partial charge on any atom is -0.481 e. The van der Waals surface area contributed by atoms with Crippen LogP contribution in [0.2, 0.25) is 0 Å². The summed E-state index contributed by atoms with van der Waals surface area (Å²) in [6.07, 6.45) is 4.85. The fourth-order valence-corrected chi connectivity index (χ4v) is 3.18. The number of carboxylic acid groups (broad SMARTS) is 1. The molecule has 23 heavy (non-hydrogen) atoms. The van der Waals surface area contributed by atoms with Crippen molar-refractivity contribution in [2.75, 3.05) is 6.54 Å². The highest BCUT2D eigenvalue weighted by Crippen LogP contribution is 2.29. The van der Waals surface area contributed by atoms with Crippen LogP contribution in [0.4, 0.5) is 0 Å². The maximum Gasteiger partial charge on any atom is 0.303 e. The zero-order valence-electron chi connectivity index (χ0n) is 14.6. The second-order valence-corrected chi connectivity index (χ2v) is 7.85. The first-order chi connectivity index (χ1) is 10.7. The minimum absolute atomic E-state index is 0.0378. The quantitative estimate of drug-likeness (QED) is 0.668. The molecule has 0 aliphatic rings. The van der Waals surface area contributed by atoms with Gasteiger partial charge in [0.05, 0.1) is 10.7 Å². The van der Waals surface area contributed by atoms with Gasteiger partial charge in [-0.1, -0.05) is 40.0 Å². The average Bonchev–Trinajstić information content (AvgIpc) is 2.83. The van der Waals surface area contributed by atoms with Crippen LogP contribution in [0.1, 0.15) is 79.7 Å². The maximum absolute atomic E-state index is 12.2. The molecule has 1 aromatic heterocycles. The number of nitrogens with one attached hydrogen (secondary N) is 1. The lowest BCUT2D eigenvalue weighted by atomic mass is 9.98. The third-order valence-corrected chi connectivity index (χ3v) is 5.08. The van der Waals surface area contributed by atoms with Crippen molar-refractivity contribution in [3.05, 3.63) is 15.6 Å². The summed E-state index contributed by atoms with van der Waals surface area (Å²) in [5, 5.41) is 12.5. The number of carbonyl (C=O) groups is 2. The summed E-state index contributed by atoms with van der Waals surface area (Å²) in [5.41, 5.74) is 0.760. The number of amides is 1. The number of carboxylic acids is 1. The minimum atomic E-state index is -0.730. The Kier molecular flexibility index (Phi) is 7.68. The van der Waals surface area contributed by atoms with E-state index in [1.807, 2.05) is 6.92 Å². The van der Waals surface area contributed by atoms with Gasteiger partial charge in [-0.05, 0) is 19.8 Å². The number of hydrogen-bond donors (Lipinski definition) is 2. The predicted molar refractivity (Wildman–Crippen MR) is 93.2 cm³/mol. The van der Waals surface area contributed by atoms with Gasteiger partial charge in [0.1, 0.15) is 4.88 Å². The number of hydrogen-bond acceptors (Lipinski definition) is 4. The lowest BCUT2D eigenvalue weighted by Crippen LogP contribution is -2.24. The normalized spacial score (nSPS) is 11.5. The molecule has 0 fully saturated rings. The van der Waals surface area contributed by atoms with E-state index in [0.29, 0.717) is 11.4 Å². The monoisotopic (exact) mass is 340 g/mol. The Hall–Kier alpha value is -1.43. The number of nitrogens with zero attached hydrogens (tertiary/aromatic N) is 1. The van der Waals surface area contributed by atoms with E-state index in [9.17, 15) is 9.59 Å². The number of carbonyl (C=O) groups excluding carboxylic acids is 1. The first-order valence-corrected chi connectivity index (χ1v) is 9.01. The van der Waals surface area contributed by atoms with Crippen molar-refractivity contribution in [1.82, 2.24) is 10.3 Å². The summed E-state index contributed by atoms with van der Waals surface area (Å²) in [6, 6.07) is 0. The zero-order valence-corrected chi connectivity index (χ0v) is 15.4. The van der Waals surface area contributed by atoms with Crippen LogP contribution in [0.15, 0.2) is 0 Å². The highest BCUT2D eigenvalue weighted by molar-refractivity contribution is 7.14. The Bertz CT molecular complexity index is 532. The smallest absolute Gasteiger partial charge is 0.303 e. The SMILES string of the molecule is Cc1nc(C(C)(C)C)sc1C(=O)NCCCCCCCC(=O)O. The van der Waals surface area contributed by atoms with Crippen molar-refractivity contribution in [3.8, 4) is 0 Å². The van der Waals surface area contributed by atoms with E-state index < -0.39 is 5.97 Å². The molecule has 1 heterocycles. The first kappa shape index (κ1) is 19.6. The van der Waals surface area contributed by atoms with Crippen molar-refractivity contribution in [1.29, 1.82) is 0 Å². The van der Waals surface area contributed by atoms with Gasteiger partial charge in [0, 0.05) is 18.4 Å². The first-order valence-electron chi connectivity index (χ1n) is 8.19. The van der Waals surface area contributed by atoms with Gasteiger partial charge in [-0.25, -0.2) is 4.98 Å². The van der Waals surface area contributed by atoms with E-state index in [2.05, 4.69) is 31.1 Å². The van der Waals surface area contributed by atoms with Crippen LogP contribution in [0.5, 0.6) is 0 Å². The highest BCUT2D eigenvalue weighted by atomic mass is 32.1. The van der Waals surface area contributed by atoms with E-state index in [1.165, 1.54) is 11.3 Å². The highest BCUT2D eigenvalue weighted by Gasteiger charge is 2.22. The zero-order chi connectivity index (χ0) is 17.5. The van der Waals surface area contributed by atoms with E-state index in [4.69, 9.17) is 5.11 Å². The van der Waals surface area contributed by atoms with Gasteiger partial charge in [0.15, 0.2) is 0 Å². The fraction of sp³-hybridized carbons (Fsp3) is 0.706. The van der Waals surface area contributed by atoms with Crippen molar-refractivity contribution < 1.29 is 14.7 Å². The Morgan fingerprint density at radius 2 is 1.74 bits per heavy atom. The molecule has 0 saturated heterocycles. The third-order valence-electron chi connectivity index (χ3n) is 3.50. The van der Waals surface area contributed by atoms with Gasteiger partial charge >= 0.3 is 5.97 Å². The summed E-state index contributed by atoms with van der Waals surface area (Å²) in [7, 11) is 0. The molecule has 1 aromatic rings. The number of aryl methyl sites for hydroxylation is 1. The van der Waals surface area contributed by atoms with Gasteiger partial charge in [-0.2, -0.15) is 0 Å². The van der Waals surface area contributed by atoms with Crippen LogP contribution in [-0.4, -0.2) is 28.5 Å². The summed E-state index contributed by atoms with van der Waals surface area (Å²) >= 11 is 1.47. The number of aliphatic carboxylic acids is 1. The molecule has 0 aliphatic heterocycles. The van der Waals surface area contributed by atoms with E-state index in [-0.39, 0.29) is 17.7 Å². The van der Waals surface area contributed by atoms with Crippen LogP contribution in [0, 0.1) is 6.92 Å². The van der Waals surface area contributed by atoms with Crippen molar-refractivity contribution in [2.45, 2.75) is 71.6 Å². The Morgan fingerprint density at radius 3 is 2.30 bits per heavy atom. The van der Waals surface area contributed by atoms with Gasteiger partial charge < -0.3 is 10.4 Å². The van der Waals surface area contributed by atoms with Gasteiger partial charge in [-0.15, -0.1) is 11.3 Å². The molecule has 2 N–H and O–H groups in total. The Balaban J connectivity index is 2.27. The van der Waals surface area contributed by atoms with Crippen LogP contribution in [0.25, 0.3) is 0 Å². The molecule has 0 unspecified atom stereocenters. The van der Waals surface area contributed by atoms with Gasteiger partial charge in [0.2, 0.25) is 0 Å². The molecule has 0 aromatic carbocycles. The summed E-state index contributed by atoms with van der Waals surface area (Å²) < 4.78 is 0. The van der Waals surface area contributed by atoms with Crippen molar-refractivity contribution >= 4 is 23.2 Å². The largest absolute Gasteiger partial charge is 0.481 e. The van der Waals surface area contributed by atoms with E-state index >= 15 is 0 Å². The standard InChI is InChI=1S/C17H28N2O3S/c1-12-14(23-16(19-12)17(2,3)4)15(22)18-11-9-7-5-6-8-10-13(20)21/h5-11H2,1-4H3,(H,18,22)(H,20,21). The molecule has 0 bridgehead atoms. The van der Waals surface area contributed by atoms with Crippen LogP contribution in [0.3, 0.4) is 0 Å². The lowest BCUT2D eigenvalue weighted by Gasteiger charge is -2.13. The van der Waals surface area contributed by atoms with Crippen molar-refractivity contribution in [3.63, 3.8) is 0 Å². The molecule has 6 heteroatoms. The maximum atomic E-state index is 12.2. The predicted octanol–water partition coefficient (Wildman–Crippen LogP) is 3.90. The third kappa shape index (κ3) is 7.12. The van der Waals surface area contributed by atoms with E-state index in [0.717, 1.165) is 42.8 Å². The van der Waals surface area contributed by atoms with Crippen LogP contribution >= 0.6 is 11.3 Å². The topological polar surface area (TPSA) is 79.3 Å². The summed E-state index contributed by atoms with van der Waals surface area (Å²) in [5.74, 6) is -0.770. The van der Waals surface area contributed by atoms with Crippen molar-refractivity contribution in [2.24, 2.45) is 0 Å². The van der Waals surface area contributed by atoms with Gasteiger partial charge in [-0.3, -0.25) is 9.59 Å². The number of unbranched alkanes of at least 4 members (excludes halogenated alkanes) is 4. The Labute approximate surface area is 142 Å². The molecule has 0 radical (unpaired) electrons. The van der Waals surface area contributed by atoms with Crippen LogP contribution in [-0.2, 0) is 10.2 Å². The van der Waals surface area contributed by atoms with Gasteiger partial charge in [0.25, 0.3) is 5.91 Å². The number of aromatic nitrogens is 1. The second kappa shape index (κ2) is 9.01. The number of rotatable bonds is 9. The molecular formula is C17H28N2O3S. The molecule has 0 aliphatic carbocycles. The lowest BCUT2D eigenvalue weighted by molar-refractivity contribution is -0.137. The molecule has 5 nitrogen and oxygen atoms in total. The number of thiazole rings is 1. The molecule has 0 spiro atoms. The molecule has 1 amide bonds. The molecule has 0 saturated carbocycles. The summed E-state index contributed by atoms with van der Waals surface area (Å²) in [4.78, 5) is 27.8. The Morgan fingerprint density at radius 1 is 1.13 bits per heavy atom. The molecule has 130 valence electrons. The second-order valence-electron chi connectivity index (χ2n) is 6.85.